The van der Waals surface area contributed by atoms with E-state index in [9.17, 15) is 8.42 Å². The Morgan fingerprint density at radius 3 is 2.43 bits per heavy atom. The van der Waals surface area contributed by atoms with Crippen molar-refractivity contribution in [3.63, 3.8) is 0 Å². The lowest BCUT2D eigenvalue weighted by atomic mass is 10.1. The summed E-state index contributed by atoms with van der Waals surface area (Å²) in [5.74, 6) is 0. The van der Waals surface area contributed by atoms with Gasteiger partial charge in [-0.3, -0.25) is 4.72 Å². The summed E-state index contributed by atoms with van der Waals surface area (Å²) < 4.78 is 28.0. The highest BCUT2D eigenvalue weighted by molar-refractivity contribution is 9.10. The predicted octanol–water partition coefficient (Wildman–Crippen LogP) is 4.59. The molecular formula is C16H18BrNO2S. The monoisotopic (exact) mass is 367 g/mol. The minimum atomic E-state index is -3.54. The number of sulfonamides is 1. The van der Waals surface area contributed by atoms with E-state index in [1.54, 1.807) is 30.3 Å². The van der Waals surface area contributed by atoms with Gasteiger partial charge in [0.2, 0.25) is 0 Å². The quantitative estimate of drug-likeness (QED) is 0.811. The molecule has 0 amide bonds. The van der Waals surface area contributed by atoms with Crippen molar-refractivity contribution in [1.29, 1.82) is 0 Å². The molecule has 0 aromatic heterocycles. The summed E-state index contributed by atoms with van der Waals surface area (Å²) in [5, 5.41) is 0. The topological polar surface area (TPSA) is 46.2 Å². The summed E-state index contributed by atoms with van der Waals surface area (Å²) >= 11 is 3.32. The van der Waals surface area contributed by atoms with Crippen LogP contribution in [0.5, 0.6) is 0 Å². The van der Waals surface area contributed by atoms with Gasteiger partial charge >= 0.3 is 0 Å². The van der Waals surface area contributed by atoms with Crippen LogP contribution in [0.15, 0.2) is 57.9 Å². The summed E-state index contributed by atoms with van der Waals surface area (Å²) in [5.41, 5.74) is 1.71. The predicted molar refractivity (Wildman–Crippen MR) is 90.0 cm³/mol. The Bertz CT molecular complexity index is 696. The molecule has 0 atom stereocenters. The molecule has 112 valence electrons. The molecule has 2 rings (SSSR count). The van der Waals surface area contributed by atoms with Gasteiger partial charge < -0.3 is 0 Å². The van der Waals surface area contributed by atoms with Crippen molar-refractivity contribution in [2.45, 2.75) is 31.1 Å². The summed E-state index contributed by atoms with van der Waals surface area (Å²) in [6, 6.07) is 14.2. The Kier molecular flexibility index (Phi) is 5.42. The van der Waals surface area contributed by atoms with Gasteiger partial charge in [-0.2, -0.15) is 0 Å². The fraction of sp³-hybridized carbons (Fsp3) is 0.250. The van der Waals surface area contributed by atoms with Gasteiger partial charge in [0.15, 0.2) is 0 Å². The van der Waals surface area contributed by atoms with Crippen LogP contribution >= 0.6 is 15.9 Å². The molecule has 0 radical (unpaired) electrons. The maximum absolute atomic E-state index is 12.3. The first-order chi connectivity index (χ1) is 10.0. The van der Waals surface area contributed by atoms with Gasteiger partial charge in [-0.05, 0) is 48.7 Å². The van der Waals surface area contributed by atoms with Gasteiger partial charge in [-0.1, -0.05) is 47.5 Å². The highest BCUT2D eigenvalue weighted by Crippen LogP contribution is 2.20. The van der Waals surface area contributed by atoms with Crippen molar-refractivity contribution in [1.82, 2.24) is 0 Å². The summed E-state index contributed by atoms with van der Waals surface area (Å²) in [6.07, 6.45) is 3.22. The Hall–Kier alpha value is -1.33. The maximum atomic E-state index is 12.3. The van der Waals surface area contributed by atoms with E-state index in [2.05, 4.69) is 27.6 Å². The molecule has 2 aromatic rings. The van der Waals surface area contributed by atoms with Crippen LogP contribution in [0.3, 0.4) is 0 Å². The molecule has 0 bridgehead atoms. The SMILES string of the molecule is CCCCc1ccc(S(=O)(=O)Nc2cccc(Br)c2)cc1. The van der Waals surface area contributed by atoms with E-state index in [1.165, 1.54) is 5.56 Å². The van der Waals surface area contributed by atoms with E-state index < -0.39 is 10.0 Å². The van der Waals surface area contributed by atoms with Gasteiger partial charge in [0.25, 0.3) is 10.0 Å². The number of unbranched alkanes of at least 4 members (excludes halogenated alkanes) is 1. The van der Waals surface area contributed by atoms with Crippen molar-refractivity contribution in [3.8, 4) is 0 Å². The van der Waals surface area contributed by atoms with Gasteiger partial charge in [0.1, 0.15) is 0 Å². The highest BCUT2D eigenvalue weighted by atomic mass is 79.9. The number of anilines is 1. The van der Waals surface area contributed by atoms with Crippen molar-refractivity contribution in [2.75, 3.05) is 4.72 Å². The minimum absolute atomic E-state index is 0.280. The molecule has 0 aliphatic heterocycles. The summed E-state index contributed by atoms with van der Waals surface area (Å²) in [4.78, 5) is 0.280. The van der Waals surface area contributed by atoms with Crippen LogP contribution in [0.1, 0.15) is 25.3 Å². The molecule has 0 unspecified atom stereocenters. The van der Waals surface area contributed by atoms with Crippen molar-refractivity contribution >= 4 is 31.6 Å². The Morgan fingerprint density at radius 1 is 1.10 bits per heavy atom. The molecule has 0 spiro atoms. The minimum Gasteiger partial charge on any atom is -0.280 e. The number of rotatable bonds is 6. The van der Waals surface area contributed by atoms with Gasteiger partial charge in [0, 0.05) is 10.2 Å². The molecule has 5 heteroatoms. The average molecular weight is 368 g/mol. The zero-order valence-electron chi connectivity index (χ0n) is 11.8. The molecule has 0 aliphatic rings. The van der Waals surface area contributed by atoms with Crippen LogP contribution in [-0.4, -0.2) is 8.42 Å². The lowest BCUT2D eigenvalue weighted by Crippen LogP contribution is -2.12. The molecule has 0 saturated heterocycles. The lowest BCUT2D eigenvalue weighted by molar-refractivity contribution is 0.601. The molecule has 0 aliphatic carbocycles. The summed E-state index contributed by atoms with van der Waals surface area (Å²) in [7, 11) is -3.54. The van der Waals surface area contributed by atoms with E-state index in [-0.39, 0.29) is 4.90 Å². The highest BCUT2D eigenvalue weighted by Gasteiger charge is 2.13. The second-order valence-electron chi connectivity index (χ2n) is 4.86. The number of aryl methyl sites for hydroxylation is 1. The maximum Gasteiger partial charge on any atom is 0.261 e. The number of hydrogen-bond donors (Lipinski definition) is 1. The molecule has 21 heavy (non-hydrogen) atoms. The average Bonchev–Trinajstić information content (AvgIpc) is 2.45. The first-order valence-corrected chi connectivity index (χ1v) is 9.16. The van der Waals surface area contributed by atoms with E-state index in [1.807, 2.05) is 18.2 Å². The molecule has 0 heterocycles. The van der Waals surface area contributed by atoms with E-state index in [0.29, 0.717) is 5.69 Å². The lowest BCUT2D eigenvalue weighted by Gasteiger charge is -2.09. The molecule has 2 aromatic carbocycles. The standard InChI is InChI=1S/C16H18BrNO2S/c1-2-3-5-13-8-10-16(11-9-13)21(19,20)18-15-7-4-6-14(17)12-15/h4,6-12,18H,2-3,5H2,1H3. The zero-order chi connectivity index (χ0) is 15.3. The first-order valence-electron chi connectivity index (χ1n) is 6.88. The van der Waals surface area contributed by atoms with Crippen LogP contribution in [0.25, 0.3) is 0 Å². The summed E-state index contributed by atoms with van der Waals surface area (Å²) in [6.45, 7) is 2.14. The van der Waals surface area contributed by atoms with E-state index >= 15 is 0 Å². The smallest absolute Gasteiger partial charge is 0.261 e. The largest absolute Gasteiger partial charge is 0.280 e. The van der Waals surface area contributed by atoms with Crippen LogP contribution < -0.4 is 4.72 Å². The second-order valence-corrected chi connectivity index (χ2v) is 7.46. The van der Waals surface area contributed by atoms with E-state index in [4.69, 9.17) is 0 Å². The third-order valence-corrected chi connectivity index (χ3v) is 5.02. The van der Waals surface area contributed by atoms with Gasteiger partial charge in [-0.25, -0.2) is 8.42 Å². The zero-order valence-corrected chi connectivity index (χ0v) is 14.2. The Balaban J connectivity index is 2.15. The molecule has 1 N–H and O–H groups in total. The van der Waals surface area contributed by atoms with Crippen molar-refractivity contribution < 1.29 is 8.42 Å². The number of halogens is 1. The number of benzene rings is 2. The molecular weight excluding hydrogens is 350 g/mol. The Labute approximate surface area is 134 Å². The first kappa shape index (κ1) is 16.0. The van der Waals surface area contributed by atoms with Gasteiger partial charge in [-0.15, -0.1) is 0 Å². The van der Waals surface area contributed by atoms with Crippen molar-refractivity contribution in [2.24, 2.45) is 0 Å². The Morgan fingerprint density at radius 2 is 1.81 bits per heavy atom. The molecule has 3 nitrogen and oxygen atoms in total. The van der Waals surface area contributed by atoms with Crippen LogP contribution in [0.4, 0.5) is 5.69 Å². The molecule has 0 saturated carbocycles. The number of hydrogen-bond acceptors (Lipinski definition) is 2. The van der Waals surface area contributed by atoms with Crippen LogP contribution in [0.2, 0.25) is 0 Å². The van der Waals surface area contributed by atoms with Crippen LogP contribution in [0, 0.1) is 0 Å². The third-order valence-electron chi connectivity index (χ3n) is 3.13. The van der Waals surface area contributed by atoms with Gasteiger partial charge in [0.05, 0.1) is 4.90 Å². The molecule has 0 fully saturated rings. The van der Waals surface area contributed by atoms with Crippen LogP contribution in [-0.2, 0) is 16.4 Å². The normalized spacial score (nSPS) is 11.3. The fourth-order valence-corrected chi connectivity index (χ4v) is 3.43. The van der Waals surface area contributed by atoms with E-state index in [0.717, 1.165) is 23.7 Å². The fourth-order valence-electron chi connectivity index (χ4n) is 1.98. The number of nitrogens with one attached hydrogen (secondary N) is 1. The second kappa shape index (κ2) is 7.09. The van der Waals surface area contributed by atoms with Crippen molar-refractivity contribution in [3.05, 3.63) is 58.6 Å². The third kappa shape index (κ3) is 4.58.